The van der Waals surface area contributed by atoms with E-state index < -0.39 is 0 Å². The van der Waals surface area contributed by atoms with Gasteiger partial charge in [-0.2, -0.15) is 0 Å². The molecule has 1 aromatic carbocycles. The molecule has 2 aromatic rings. The van der Waals surface area contributed by atoms with Crippen LogP contribution >= 0.6 is 11.6 Å². The van der Waals surface area contributed by atoms with Crippen molar-refractivity contribution in [2.24, 2.45) is 0 Å². The highest BCUT2D eigenvalue weighted by atomic mass is 35.5. The van der Waals surface area contributed by atoms with Gasteiger partial charge in [-0.05, 0) is 37.1 Å². The number of para-hydroxylation sites is 1. The highest BCUT2D eigenvalue weighted by molar-refractivity contribution is 6.18. The molecule has 2 nitrogen and oxygen atoms in total. The second kappa shape index (κ2) is 5.89. The van der Waals surface area contributed by atoms with Crippen LogP contribution in [0.4, 0.5) is 0 Å². The standard InChI is InChI=1S/C16H19ClN2/c17-10-15-6-3-4-8-19(15)12-13-9-14-5-1-2-7-16(14)18-11-13/h1-2,5,7,9,11,15H,3-4,6,8,10,12H2. The summed E-state index contributed by atoms with van der Waals surface area (Å²) in [6, 6.07) is 11.1. The molecule has 0 bridgehead atoms. The number of hydrogen-bond acceptors (Lipinski definition) is 2. The smallest absolute Gasteiger partial charge is 0.0702 e. The number of piperidine rings is 1. The zero-order valence-corrected chi connectivity index (χ0v) is 11.8. The van der Waals surface area contributed by atoms with Crippen molar-refractivity contribution in [1.82, 2.24) is 9.88 Å². The van der Waals surface area contributed by atoms with Gasteiger partial charge in [-0.3, -0.25) is 9.88 Å². The minimum Gasteiger partial charge on any atom is -0.295 e. The Hall–Kier alpha value is -1.12. The van der Waals surface area contributed by atoms with Gasteiger partial charge < -0.3 is 0 Å². The van der Waals surface area contributed by atoms with Crippen LogP contribution in [0.3, 0.4) is 0 Å². The van der Waals surface area contributed by atoms with Crippen LogP contribution < -0.4 is 0 Å². The third kappa shape index (κ3) is 2.90. The number of benzene rings is 1. The highest BCUT2D eigenvalue weighted by Crippen LogP contribution is 2.21. The molecule has 1 saturated heterocycles. The fourth-order valence-electron chi connectivity index (χ4n) is 2.88. The molecule has 19 heavy (non-hydrogen) atoms. The fourth-order valence-corrected chi connectivity index (χ4v) is 3.23. The minimum atomic E-state index is 0.530. The van der Waals surface area contributed by atoms with E-state index in [4.69, 9.17) is 11.6 Å². The third-order valence-electron chi connectivity index (χ3n) is 3.96. The van der Waals surface area contributed by atoms with Gasteiger partial charge in [0.05, 0.1) is 5.52 Å². The van der Waals surface area contributed by atoms with Gasteiger partial charge in [0.25, 0.3) is 0 Å². The molecule has 2 heterocycles. The van der Waals surface area contributed by atoms with E-state index in [0.717, 1.165) is 24.5 Å². The molecule has 3 rings (SSSR count). The van der Waals surface area contributed by atoms with Crippen molar-refractivity contribution >= 4 is 22.5 Å². The van der Waals surface area contributed by atoms with Crippen LogP contribution in [0.25, 0.3) is 10.9 Å². The molecule has 0 aliphatic carbocycles. The summed E-state index contributed by atoms with van der Waals surface area (Å²) < 4.78 is 0. The molecule has 0 amide bonds. The second-order valence-corrected chi connectivity index (χ2v) is 5.62. The Morgan fingerprint density at radius 3 is 3.05 bits per heavy atom. The average molecular weight is 275 g/mol. The monoisotopic (exact) mass is 274 g/mol. The summed E-state index contributed by atoms with van der Waals surface area (Å²) in [4.78, 5) is 7.04. The molecule has 1 fully saturated rings. The van der Waals surface area contributed by atoms with Crippen LogP contribution in [0.5, 0.6) is 0 Å². The van der Waals surface area contributed by atoms with Crippen LogP contribution in [-0.4, -0.2) is 28.4 Å². The van der Waals surface area contributed by atoms with Crippen molar-refractivity contribution in [3.8, 4) is 0 Å². The molecule has 1 aliphatic rings. The van der Waals surface area contributed by atoms with Gasteiger partial charge in [-0.25, -0.2) is 0 Å². The average Bonchev–Trinajstić information content (AvgIpc) is 2.48. The summed E-state index contributed by atoms with van der Waals surface area (Å²) in [7, 11) is 0. The predicted octanol–water partition coefficient (Wildman–Crippen LogP) is 3.83. The molecule has 0 N–H and O–H groups in total. The Morgan fingerprint density at radius 2 is 2.16 bits per heavy atom. The first-order valence-corrected chi connectivity index (χ1v) is 7.54. The predicted molar refractivity (Wildman–Crippen MR) is 80.5 cm³/mol. The van der Waals surface area contributed by atoms with Crippen molar-refractivity contribution in [2.75, 3.05) is 12.4 Å². The van der Waals surface area contributed by atoms with Crippen molar-refractivity contribution in [1.29, 1.82) is 0 Å². The van der Waals surface area contributed by atoms with E-state index in [0.29, 0.717) is 6.04 Å². The minimum absolute atomic E-state index is 0.530. The normalized spacial score (nSPS) is 20.8. The largest absolute Gasteiger partial charge is 0.295 e. The Balaban J connectivity index is 1.80. The van der Waals surface area contributed by atoms with Crippen LogP contribution in [0, 0.1) is 0 Å². The van der Waals surface area contributed by atoms with E-state index in [2.05, 4.69) is 34.1 Å². The molecule has 1 aromatic heterocycles. The summed E-state index contributed by atoms with van der Waals surface area (Å²) >= 11 is 6.08. The van der Waals surface area contributed by atoms with Gasteiger partial charge in [-0.15, -0.1) is 11.6 Å². The topological polar surface area (TPSA) is 16.1 Å². The lowest BCUT2D eigenvalue weighted by atomic mass is 10.0. The number of hydrogen-bond donors (Lipinski definition) is 0. The van der Waals surface area contributed by atoms with Crippen molar-refractivity contribution in [2.45, 2.75) is 31.8 Å². The number of pyridine rings is 1. The van der Waals surface area contributed by atoms with E-state index in [-0.39, 0.29) is 0 Å². The lowest BCUT2D eigenvalue weighted by Crippen LogP contribution is -2.40. The number of likely N-dealkylation sites (tertiary alicyclic amines) is 1. The number of nitrogens with zero attached hydrogens (tertiary/aromatic N) is 2. The zero-order chi connectivity index (χ0) is 13.1. The molecule has 1 unspecified atom stereocenters. The third-order valence-corrected chi connectivity index (χ3v) is 4.32. The highest BCUT2D eigenvalue weighted by Gasteiger charge is 2.21. The van der Waals surface area contributed by atoms with E-state index in [1.807, 2.05) is 12.3 Å². The van der Waals surface area contributed by atoms with E-state index in [1.54, 1.807) is 0 Å². The number of halogens is 1. The van der Waals surface area contributed by atoms with Crippen LogP contribution in [0.2, 0.25) is 0 Å². The molecule has 1 atom stereocenters. The summed E-state index contributed by atoms with van der Waals surface area (Å²) in [5.41, 5.74) is 2.36. The maximum atomic E-state index is 6.08. The Labute approximate surface area is 119 Å². The van der Waals surface area contributed by atoms with Gasteiger partial charge in [0.2, 0.25) is 0 Å². The lowest BCUT2D eigenvalue weighted by molar-refractivity contribution is 0.155. The van der Waals surface area contributed by atoms with Gasteiger partial charge in [0, 0.05) is 30.0 Å². The van der Waals surface area contributed by atoms with Gasteiger partial charge in [-0.1, -0.05) is 24.6 Å². The number of aromatic nitrogens is 1. The van der Waals surface area contributed by atoms with E-state index in [9.17, 15) is 0 Å². The molecule has 0 spiro atoms. The van der Waals surface area contributed by atoms with Crippen molar-refractivity contribution < 1.29 is 0 Å². The summed E-state index contributed by atoms with van der Waals surface area (Å²) in [5, 5.41) is 1.22. The first-order chi connectivity index (χ1) is 9.36. The Kier molecular flexibility index (Phi) is 4.00. The molecule has 3 heteroatoms. The molecule has 1 aliphatic heterocycles. The number of fused-ring (bicyclic) bond motifs is 1. The quantitative estimate of drug-likeness (QED) is 0.791. The maximum absolute atomic E-state index is 6.08. The molecular weight excluding hydrogens is 256 g/mol. The number of rotatable bonds is 3. The van der Waals surface area contributed by atoms with Crippen molar-refractivity contribution in [3.05, 3.63) is 42.1 Å². The first-order valence-electron chi connectivity index (χ1n) is 7.00. The SMILES string of the molecule is ClCC1CCCCN1Cc1cnc2ccccc2c1. The van der Waals surface area contributed by atoms with Crippen molar-refractivity contribution in [3.63, 3.8) is 0 Å². The van der Waals surface area contributed by atoms with Crippen LogP contribution in [0.15, 0.2) is 36.5 Å². The Morgan fingerprint density at radius 1 is 1.26 bits per heavy atom. The van der Waals surface area contributed by atoms with Crippen LogP contribution in [0.1, 0.15) is 24.8 Å². The first kappa shape index (κ1) is 12.9. The zero-order valence-electron chi connectivity index (χ0n) is 11.1. The summed E-state index contributed by atoms with van der Waals surface area (Å²) in [6.07, 6.45) is 5.82. The molecule has 0 radical (unpaired) electrons. The van der Waals surface area contributed by atoms with Gasteiger partial charge >= 0.3 is 0 Å². The lowest BCUT2D eigenvalue weighted by Gasteiger charge is -2.34. The fraction of sp³-hybridized carbons (Fsp3) is 0.438. The molecule has 100 valence electrons. The number of alkyl halides is 1. The Bertz CT molecular complexity index is 555. The van der Waals surface area contributed by atoms with Gasteiger partial charge in [0.1, 0.15) is 0 Å². The second-order valence-electron chi connectivity index (χ2n) is 5.31. The van der Waals surface area contributed by atoms with E-state index in [1.165, 1.54) is 30.2 Å². The molecular formula is C16H19ClN2. The summed E-state index contributed by atoms with van der Waals surface area (Å²) in [5.74, 6) is 0.737. The molecule has 0 saturated carbocycles. The maximum Gasteiger partial charge on any atom is 0.0702 e. The van der Waals surface area contributed by atoms with Gasteiger partial charge in [0.15, 0.2) is 0 Å². The van der Waals surface area contributed by atoms with E-state index >= 15 is 0 Å². The summed E-state index contributed by atoms with van der Waals surface area (Å²) in [6.45, 7) is 2.12. The van der Waals surface area contributed by atoms with Crippen LogP contribution in [-0.2, 0) is 6.54 Å².